The molecule has 0 bridgehead atoms. The highest BCUT2D eigenvalue weighted by Crippen LogP contribution is 2.28. The molecular formula is C22H20N2O5S. The van der Waals surface area contributed by atoms with Crippen molar-refractivity contribution >= 4 is 39.4 Å². The molecule has 0 spiro atoms. The molecule has 2 aromatic carbocycles. The average molecular weight is 424 g/mol. The van der Waals surface area contributed by atoms with E-state index in [1.54, 1.807) is 42.5 Å². The summed E-state index contributed by atoms with van der Waals surface area (Å²) in [4.78, 5) is 29.8. The average Bonchev–Trinajstić information content (AvgIpc) is 3.22. The van der Waals surface area contributed by atoms with E-state index in [4.69, 9.17) is 14.2 Å². The topological polar surface area (TPSA) is 79.1 Å². The third-order valence-electron chi connectivity index (χ3n) is 4.34. The maximum atomic E-state index is 12.9. The molecular weight excluding hydrogens is 404 g/mol. The lowest BCUT2D eigenvalue weighted by Gasteiger charge is -2.12. The molecule has 0 aliphatic heterocycles. The van der Waals surface area contributed by atoms with E-state index in [0.29, 0.717) is 21.0 Å². The summed E-state index contributed by atoms with van der Waals surface area (Å²) >= 11 is 1.33. The van der Waals surface area contributed by atoms with Crippen LogP contribution in [0.3, 0.4) is 0 Å². The number of carbonyl (C=O) groups is 1. The largest absolute Gasteiger partial charge is 0.493 e. The van der Waals surface area contributed by atoms with E-state index in [9.17, 15) is 9.59 Å². The van der Waals surface area contributed by atoms with Gasteiger partial charge in [0.25, 0.3) is 5.56 Å². The van der Waals surface area contributed by atoms with Gasteiger partial charge in [-0.1, -0.05) is 29.5 Å². The van der Waals surface area contributed by atoms with Crippen LogP contribution in [0.1, 0.15) is 19.4 Å². The van der Waals surface area contributed by atoms with Gasteiger partial charge in [0, 0.05) is 0 Å². The second-order valence-electron chi connectivity index (χ2n) is 6.87. The maximum Gasteiger partial charge on any atom is 0.344 e. The number of hydrogen-bond acceptors (Lipinski definition) is 7. The molecule has 0 N–H and O–H groups in total. The van der Waals surface area contributed by atoms with E-state index in [1.807, 2.05) is 24.3 Å². The van der Waals surface area contributed by atoms with Gasteiger partial charge < -0.3 is 14.2 Å². The van der Waals surface area contributed by atoms with Gasteiger partial charge in [0.05, 0.1) is 28.8 Å². The van der Waals surface area contributed by atoms with Gasteiger partial charge in [-0.05, 0) is 49.8 Å². The molecule has 7 nitrogen and oxygen atoms in total. The Morgan fingerprint density at radius 3 is 2.77 bits per heavy atom. The molecule has 154 valence electrons. The first kappa shape index (κ1) is 19.9. The first-order chi connectivity index (χ1) is 14.5. The van der Waals surface area contributed by atoms with E-state index in [2.05, 4.69) is 4.98 Å². The number of benzene rings is 2. The molecule has 4 aromatic rings. The minimum atomic E-state index is -0.451. The predicted octanol–water partition coefficient (Wildman–Crippen LogP) is 2.80. The summed E-state index contributed by atoms with van der Waals surface area (Å²) in [7, 11) is 1.52. The number of carbonyl (C=O) groups excluding carboxylic acids is 1. The summed E-state index contributed by atoms with van der Waals surface area (Å²) in [5.41, 5.74) is 2.25. The lowest BCUT2D eigenvalue weighted by atomic mass is 10.2. The number of fused-ring (bicyclic) bond motifs is 3. The molecule has 30 heavy (non-hydrogen) atoms. The molecule has 0 fully saturated rings. The minimum absolute atomic E-state index is 0.112. The summed E-state index contributed by atoms with van der Waals surface area (Å²) < 4.78 is 18.2. The molecule has 8 heteroatoms. The van der Waals surface area contributed by atoms with Crippen LogP contribution in [0.2, 0.25) is 0 Å². The van der Waals surface area contributed by atoms with Crippen molar-refractivity contribution in [1.82, 2.24) is 9.38 Å². The highest BCUT2D eigenvalue weighted by molar-refractivity contribution is 7.15. The monoisotopic (exact) mass is 424 g/mol. The van der Waals surface area contributed by atoms with Crippen molar-refractivity contribution in [3.05, 3.63) is 62.9 Å². The van der Waals surface area contributed by atoms with Crippen LogP contribution in [0.4, 0.5) is 0 Å². The third kappa shape index (κ3) is 3.86. The standard InChI is InChI=1S/C22H20N2O5S/c1-13(2)29-20(25)12-28-17-9-8-14(10-18(17)27-3)11-19-21(26)24-16-7-5-4-6-15(16)23-22(24)30-19/h4-11,13H,12H2,1-3H3/b19-11-. The fourth-order valence-corrected chi connectivity index (χ4v) is 4.08. The number of thiazole rings is 1. The molecule has 0 aliphatic carbocycles. The zero-order valence-electron chi connectivity index (χ0n) is 16.7. The van der Waals surface area contributed by atoms with Crippen LogP contribution < -0.4 is 19.6 Å². The number of esters is 1. The molecule has 0 atom stereocenters. The first-order valence-electron chi connectivity index (χ1n) is 9.38. The van der Waals surface area contributed by atoms with Crippen LogP contribution in [0.25, 0.3) is 22.1 Å². The van der Waals surface area contributed by atoms with Crippen LogP contribution in [0.5, 0.6) is 11.5 Å². The molecule has 0 unspecified atom stereocenters. The van der Waals surface area contributed by atoms with Crippen molar-refractivity contribution in [3.8, 4) is 11.5 Å². The molecule has 0 radical (unpaired) electrons. The second kappa shape index (κ2) is 8.16. The minimum Gasteiger partial charge on any atom is -0.493 e. The zero-order chi connectivity index (χ0) is 21.3. The van der Waals surface area contributed by atoms with Gasteiger partial charge in [-0.2, -0.15) is 0 Å². The number of hydrogen-bond donors (Lipinski definition) is 0. The molecule has 2 aromatic heterocycles. The summed E-state index contributed by atoms with van der Waals surface area (Å²) in [6.07, 6.45) is 1.58. The number of methoxy groups -OCH3 is 1. The van der Waals surface area contributed by atoms with Gasteiger partial charge in [0.15, 0.2) is 23.1 Å². The second-order valence-corrected chi connectivity index (χ2v) is 7.88. The summed E-state index contributed by atoms with van der Waals surface area (Å²) in [6, 6.07) is 12.8. The smallest absolute Gasteiger partial charge is 0.344 e. The van der Waals surface area contributed by atoms with E-state index in [1.165, 1.54) is 18.4 Å². The van der Waals surface area contributed by atoms with Crippen LogP contribution >= 0.6 is 11.3 Å². The number of para-hydroxylation sites is 2. The Kier molecular flexibility index (Phi) is 5.41. The Hall–Kier alpha value is -3.39. The SMILES string of the molecule is COc1cc(/C=c2\sc3nc4ccccc4n3c2=O)ccc1OCC(=O)OC(C)C. The van der Waals surface area contributed by atoms with Crippen LogP contribution in [0.15, 0.2) is 47.3 Å². The lowest BCUT2D eigenvalue weighted by Crippen LogP contribution is -2.22. The lowest BCUT2D eigenvalue weighted by molar-refractivity contribution is -0.149. The maximum absolute atomic E-state index is 12.9. The van der Waals surface area contributed by atoms with E-state index in [-0.39, 0.29) is 18.3 Å². The van der Waals surface area contributed by atoms with E-state index >= 15 is 0 Å². The van der Waals surface area contributed by atoms with Crippen LogP contribution in [-0.4, -0.2) is 35.2 Å². The first-order valence-corrected chi connectivity index (χ1v) is 10.2. The Bertz CT molecular complexity index is 1340. The van der Waals surface area contributed by atoms with Crippen LogP contribution in [-0.2, 0) is 9.53 Å². The quantitative estimate of drug-likeness (QED) is 0.443. The van der Waals surface area contributed by atoms with Gasteiger partial charge in [-0.25, -0.2) is 14.2 Å². The highest BCUT2D eigenvalue weighted by atomic mass is 32.1. The number of rotatable bonds is 6. The number of aromatic nitrogens is 2. The summed E-state index contributed by atoms with van der Waals surface area (Å²) in [5.74, 6) is 0.429. The Labute approximate surface area is 176 Å². The zero-order valence-corrected chi connectivity index (χ0v) is 17.6. The van der Waals surface area contributed by atoms with Crippen LogP contribution in [0, 0.1) is 0 Å². The van der Waals surface area contributed by atoms with Crippen molar-refractivity contribution in [2.75, 3.05) is 13.7 Å². The Morgan fingerprint density at radius 1 is 1.20 bits per heavy atom. The van der Waals surface area contributed by atoms with Crippen molar-refractivity contribution in [2.45, 2.75) is 20.0 Å². The molecule has 0 amide bonds. The van der Waals surface area contributed by atoms with Crippen molar-refractivity contribution in [3.63, 3.8) is 0 Å². The van der Waals surface area contributed by atoms with Crippen molar-refractivity contribution in [1.29, 1.82) is 0 Å². The molecule has 0 saturated carbocycles. The molecule has 4 rings (SSSR count). The van der Waals surface area contributed by atoms with Gasteiger partial charge in [-0.15, -0.1) is 0 Å². The Morgan fingerprint density at radius 2 is 2.00 bits per heavy atom. The van der Waals surface area contributed by atoms with Gasteiger partial charge >= 0.3 is 5.97 Å². The fourth-order valence-electron chi connectivity index (χ4n) is 3.09. The number of nitrogens with zero attached hydrogens (tertiary/aromatic N) is 2. The summed E-state index contributed by atoms with van der Waals surface area (Å²) in [5, 5.41) is 0. The van der Waals surface area contributed by atoms with Gasteiger partial charge in [0.1, 0.15) is 0 Å². The van der Waals surface area contributed by atoms with Crippen molar-refractivity contribution in [2.24, 2.45) is 0 Å². The highest BCUT2D eigenvalue weighted by Gasteiger charge is 2.12. The molecule has 0 aliphatic rings. The van der Waals surface area contributed by atoms with Crippen molar-refractivity contribution < 1.29 is 19.0 Å². The Balaban J connectivity index is 1.64. The van der Waals surface area contributed by atoms with Gasteiger partial charge in [-0.3, -0.25) is 4.79 Å². The number of imidazole rings is 1. The van der Waals surface area contributed by atoms with Gasteiger partial charge in [0.2, 0.25) is 0 Å². The third-order valence-corrected chi connectivity index (χ3v) is 5.31. The molecule has 2 heterocycles. The predicted molar refractivity (Wildman–Crippen MR) is 115 cm³/mol. The van der Waals surface area contributed by atoms with E-state index in [0.717, 1.165) is 16.6 Å². The summed E-state index contributed by atoms with van der Waals surface area (Å²) in [6.45, 7) is 3.34. The number of ether oxygens (including phenoxy) is 3. The normalized spacial score (nSPS) is 12.1. The van der Waals surface area contributed by atoms with E-state index < -0.39 is 5.97 Å². The molecule has 0 saturated heterocycles. The fraction of sp³-hybridized carbons (Fsp3) is 0.227.